The predicted octanol–water partition coefficient (Wildman–Crippen LogP) is 3.08. The smallest absolute Gasteiger partial charge is 0.190 e. The van der Waals surface area contributed by atoms with Crippen molar-refractivity contribution in [3.8, 4) is 11.5 Å². The largest absolute Gasteiger partial charge is 0.493 e. The summed E-state index contributed by atoms with van der Waals surface area (Å²) in [5, 5.41) is 6.73. The molecule has 3 aromatic rings. The maximum Gasteiger partial charge on any atom is 0.190 e. The first kappa shape index (κ1) is 21.5. The van der Waals surface area contributed by atoms with Crippen LogP contribution in [0.25, 0.3) is 5.65 Å². The number of hydrogen-bond donors (Lipinski definition) is 2. The van der Waals surface area contributed by atoms with Crippen LogP contribution in [0.3, 0.4) is 0 Å². The minimum atomic E-state index is 0.623. The Morgan fingerprint density at radius 2 is 1.97 bits per heavy atom. The highest BCUT2D eigenvalue weighted by Crippen LogP contribution is 2.28. The van der Waals surface area contributed by atoms with Crippen molar-refractivity contribution in [2.75, 3.05) is 33.9 Å². The highest BCUT2D eigenvalue weighted by atomic mass is 16.5. The monoisotopic (exact) mass is 409 g/mol. The van der Waals surface area contributed by atoms with Crippen molar-refractivity contribution in [1.82, 2.24) is 20.0 Å². The second-order valence-corrected chi connectivity index (χ2v) is 6.90. The van der Waals surface area contributed by atoms with Crippen LogP contribution in [0, 0.1) is 0 Å². The Balaban J connectivity index is 1.39. The van der Waals surface area contributed by atoms with Gasteiger partial charge in [0, 0.05) is 39.0 Å². The molecule has 3 rings (SSSR count). The van der Waals surface area contributed by atoms with Crippen molar-refractivity contribution in [2.45, 2.75) is 26.2 Å². The first-order valence-electron chi connectivity index (χ1n) is 10.4. The Hall–Kier alpha value is -3.22. The van der Waals surface area contributed by atoms with Crippen molar-refractivity contribution in [1.29, 1.82) is 0 Å². The van der Waals surface area contributed by atoms with Crippen molar-refractivity contribution in [3.05, 3.63) is 60.0 Å². The van der Waals surface area contributed by atoms with Crippen molar-refractivity contribution in [3.63, 3.8) is 0 Å². The highest BCUT2D eigenvalue weighted by molar-refractivity contribution is 5.79. The average molecular weight is 410 g/mol. The second-order valence-electron chi connectivity index (χ2n) is 6.90. The maximum atomic E-state index is 5.65. The van der Waals surface area contributed by atoms with E-state index in [0.29, 0.717) is 6.61 Å². The lowest BCUT2D eigenvalue weighted by molar-refractivity contribution is 0.310. The highest BCUT2D eigenvalue weighted by Gasteiger charge is 2.06. The molecule has 0 fully saturated rings. The lowest BCUT2D eigenvalue weighted by Gasteiger charge is -2.13. The van der Waals surface area contributed by atoms with Crippen LogP contribution >= 0.6 is 0 Å². The molecule has 0 atom stereocenters. The van der Waals surface area contributed by atoms with Crippen LogP contribution in [0.4, 0.5) is 0 Å². The molecule has 30 heavy (non-hydrogen) atoms. The maximum absolute atomic E-state index is 5.65. The predicted molar refractivity (Wildman–Crippen MR) is 121 cm³/mol. The van der Waals surface area contributed by atoms with Crippen LogP contribution in [0.15, 0.2) is 53.8 Å². The van der Waals surface area contributed by atoms with Gasteiger partial charge in [0.05, 0.1) is 19.4 Å². The molecule has 1 aromatic carbocycles. The number of ether oxygens (including phenoxy) is 2. The molecule has 0 radical (unpaired) electrons. The minimum Gasteiger partial charge on any atom is -0.493 e. The van der Waals surface area contributed by atoms with Gasteiger partial charge in [-0.1, -0.05) is 12.1 Å². The summed E-state index contributed by atoms with van der Waals surface area (Å²) in [5.74, 6) is 2.38. The molecule has 2 heterocycles. The summed E-state index contributed by atoms with van der Waals surface area (Å²) in [6.45, 7) is 4.21. The van der Waals surface area contributed by atoms with Gasteiger partial charge in [-0.2, -0.15) is 0 Å². The number of imidazole rings is 1. The van der Waals surface area contributed by atoms with Crippen molar-refractivity contribution >= 4 is 11.6 Å². The van der Waals surface area contributed by atoms with E-state index in [2.05, 4.69) is 38.9 Å². The van der Waals surface area contributed by atoms with E-state index < -0.39 is 0 Å². The number of methoxy groups -OCH3 is 1. The molecule has 0 spiro atoms. The molecule has 7 nitrogen and oxygen atoms in total. The van der Waals surface area contributed by atoms with E-state index in [0.717, 1.165) is 61.2 Å². The summed E-state index contributed by atoms with van der Waals surface area (Å²) in [6.07, 6.45) is 6.87. The number of pyridine rings is 1. The van der Waals surface area contributed by atoms with Gasteiger partial charge in [-0.25, -0.2) is 4.98 Å². The SMILES string of the molecule is CCOc1cc(CCCNC(=NC)NCCc2cn3ccccc3n2)ccc1OC. The van der Waals surface area contributed by atoms with Crippen LogP contribution in [0.1, 0.15) is 24.6 Å². The van der Waals surface area contributed by atoms with Crippen LogP contribution in [0.2, 0.25) is 0 Å². The Kier molecular flexibility index (Phi) is 7.94. The third kappa shape index (κ3) is 5.89. The Labute approximate surface area is 178 Å². The molecule has 0 unspecified atom stereocenters. The second kappa shape index (κ2) is 11.1. The minimum absolute atomic E-state index is 0.623. The molecule has 2 N–H and O–H groups in total. The van der Waals surface area contributed by atoms with E-state index in [4.69, 9.17) is 9.47 Å². The third-order valence-corrected chi connectivity index (χ3v) is 4.77. The molecule has 0 aliphatic rings. The summed E-state index contributed by atoms with van der Waals surface area (Å²) in [5.41, 5.74) is 3.27. The zero-order valence-electron chi connectivity index (χ0n) is 18.0. The molecule has 0 aliphatic carbocycles. The number of hydrogen-bond acceptors (Lipinski definition) is 4. The first-order chi connectivity index (χ1) is 14.7. The number of nitrogens with zero attached hydrogens (tertiary/aromatic N) is 3. The quantitative estimate of drug-likeness (QED) is 0.306. The van der Waals surface area contributed by atoms with Gasteiger partial charge in [0.15, 0.2) is 17.5 Å². The molecule has 160 valence electrons. The van der Waals surface area contributed by atoms with Crippen molar-refractivity contribution < 1.29 is 9.47 Å². The molecule has 2 aromatic heterocycles. The normalized spacial score (nSPS) is 11.5. The van der Waals surface area contributed by atoms with Crippen LogP contribution in [0.5, 0.6) is 11.5 Å². The number of nitrogens with one attached hydrogen (secondary N) is 2. The number of aliphatic imine (C=N–C) groups is 1. The average Bonchev–Trinajstić information content (AvgIpc) is 3.18. The number of benzene rings is 1. The third-order valence-electron chi connectivity index (χ3n) is 4.77. The van der Waals surface area contributed by atoms with Gasteiger partial charge < -0.3 is 24.5 Å². The van der Waals surface area contributed by atoms with Gasteiger partial charge in [0.2, 0.25) is 0 Å². The Morgan fingerprint density at radius 3 is 2.73 bits per heavy atom. The molecule has 0 amide bonds. The van der Waals surface area contributed by atoms with Crippen LogP contribution in [-0.2, 0) is 12.8 Å². The lowest BCUT2D eigenvalue weighted by Crippen LogP contribution is -2.38. The fourth-order valence-corrected chi connectivity index (χ4v) is 3.28. The standard InChI is InChI=1S/C23H31N5O2/c1-4-30-21-16-18(10-11-20(21)29-3)8-7-13-25-23(24-2)26-14-12-19-17-28-15-6-5-9-22(28)27-19/h5-6,9-11,15-17H,4,7-8,12-14H2,1-3H3,(H2,24,25,26). The number of rotatable bonds is 10. The van der Waals surface area contributed by atoms with E-state index >= 15 is 0 Å². The van der Waals surface area contributed by atoms with Gasteiger partial charge in [-0.05, 0) is 49.6 Å². The molecule has 0 saturated heterocycles. The topological polar surface area (TPSA) is 72.2 Å². The summed E-state index contributed by atoms with van der Waals surface area (Å²) in [6, 6.07) is 12.1. The van der Waals surface area contributed by atoms with Gasteiger partial charge >= 0.3 is 0 Å². The summed E-state index contributed by atoms with van der Waals surface area (Å²) in [7, 11) is 3.45. The van der Waals surface area contributed by atoms with E-state index in [1.54, 1.807) is 14.2 Å². The first-order valence-corrected chi connectivity index (χ1v) is 10.4. The molecule has 0 saturated carbocycles. The summed E-state index contributed by atoms with van der Waals surface area (Å²) < 4.78 is 13.0. The van der Waals surface area contributed by atoms with E-state index in [1.807, 2.05) is 41.8 Å². The Bertz CT molecular complexity index is 934. The van der Waals surface area contributed by atoms with E-state index in [1.165, 1.54) is 5.56 Å². The van der Waals surface area contributed by atoms with Crippen molar-refractivity contribution in [2.24, 2.45) is 4.99 Å². The Morgan fingerprint density at radius 1 is 1.10 bits per heavy atom. The van der Waals surface area contributed by atoms with Gasteiger partial charge in [0.25, 0.3) is 0 Å². The van der Waals surface area contributed by atoms with E-state index in [-0.39, 0.29) is 0 Å². The number of aromatic nitrogens is 2. The van der Waals surface area contributed by atoms with Crippen LogP contribution < -0.4 is 20.1 Å². The van der Waals surface area contributed by atoms with Gasteiger partial charge in [-0.15, -0.1) is 0 Å². The zero-order chi connectivity index (χ0) is 21.2. The molecular weight excluding hydrogens is 378 g/mol. The molecular formula is C23H31N5O2. The van der Waals surface area contributed by atoms with Crippen LogP contribution in [-0.4, -0.2) is 49.2 Å². The molecule has 0 aliphatic heterocycles. The van der Waals surface area contributed by atoms with E-state index in [9.17, 15) is 0 Å². The van der Waals surface area contributed by atoms with Gasteiger partial charge in [-0.3, -0.25) is 4.99 Å². The number of guanidine groups is 1. The number of fused-ring (bicyclic) bond motifs is 1. The fourth-order valence-electron chi connectivity index (χ4n) is 3.28. The van der Waals surface area contributed by atoms with Gasteiger partial charge in [0.1, 0.15) is 5.65 Å². The molecule has 7 heteroatoms. The molecule has 0 bridgehead atoms. The lowest BCUT2D eigenvalue weighted by atomic mass is 10.1. The fraction of sp³-hybridized carbons (Fsp3) is 0.391. The summed E-state index contributed by atoms with van der Waals surface area (Å²) >= 11 is 0. The number of aryl methyl sites for hydroxylation is 1. The zero-order valence-corrected chi connectivity index (χ0v) is 18.0. The summed E-state index contributed by atoms with van der Waals surface area (Å²) in [4.78, 5) is 8.92.